The number of fused-ring (bicyclic) bond motifs is 2. The molecule has 0 unspecified atom stereocenters. The van der Waals surface area contributed by atoms with Gasteiger partial charge < -0.3 is 20.5 Å². The number of likely N-dealkylation sites (tertiary alicyclic amines) is 1. The lowest BCUT2D eigenvalue weighted by atomic mass is 9.90. The van der Waals surface area contributed by atoms with E-state index in [1.807, 2.05) is 6.07 Å². The molecule has 202 valence electrons. The van der Waals surface area contributed by atoms with Gasteiger partial charge in [-0.25, -0.2) is 17.6 Å². The van der Waals surface area contributed by atoms with Crippen LogP contribution in [0.3, 0.4) is 0 Å². The van der Waals surface area contributed by atoms with Crippen molar-refractivity contribution in [2.24, 2.45) is 17.8 Å². The normalized spacial score (nSPS) is 27.1. The van der Waals surface area contributed by atoms with Crippen molar-refractivity contribution in [1.29, 1.82) is 5.26 Å². The molecule has 2 aromatic rings. The number of aromatic nitrogens is 1. The third kappa shape index (κ3) is 4.59. The van der Waals surface area contributed by atoms with Gasteiger partial charge in [-0.2, -0.15) is 5.26 Å². The zero-order valence-electron chi connectivity index (χ0n) is 20.6. The number of piperidine rings is 1. The highest BCUT2D eigenvalue weighted by atomic mass is 19.3. The summed E-state index contributed by atoms with van der Waals surface area (Å²) in [6.07, 6.45) is 0.245. The fraction of sp³-hybridized carbons (Fsp3) is 0.538. The van der Waals surface area contributed by atoms with Crippen molar-refractivity contribution >= 4 is 28.6 Å². The Morgan fingerprint density at radius 1 is 1.29 bits per heavy atom. The molecule has 12 heteroatoms. The second-order valence-corrected chi connectivity index (χ2v) is 10.6. The largest absolute Gasteiger partial charge is 0.356 e. The fourth-order valence-corrected chi connectivity index (χ4v) is 6.20. The standard InChI is InChI=1S/C26H27F4N5O3/c1-12-5-18(27)16-7-19(34-21(16)20(12)28)25(38)35-11-14-8-26(29,30)9-17(14)22(35)24(37)33-15(10-31)6-13-3-2-4-32-23(13)36/h5,7,13-15,17,22,34H,2-4,6,8-9,11H2,1H3,(H,32,36)(H,33,37)/t13-,14-,15+,17-,22+/m1/s1. The summed E-state index contributed by atoms with van der Waals surface area (Å²) in [6.45, 7) is 1.78. The van der Waals surface area contributed by atoms with E-state index in [9.17, 15) is 37.2 Å². The Morgan fingerprint density at radius 3 is 2.76 bits per heavy atom. The van der Waals surface area contributed by atoms with Crippen LogP contribution in [0.2, 0.25) is 0 Å². The van der Waals surface area contributed by atoms with Crippen LogP contribution in [-0.2, 0) is 9.59 Å². The maximum atomic E-state index is 14.6. The Kier molecular flexibility index (Phi) is 6.57. The van der Waals surface area contributed by atoms with Crippen molar-refractivity contribution in [3.63, 3.8) is 0 Å². The zero-order chi connectivity index (χ0) is 27.4. The average molecular weight is 534 g/mol. The molecule has 2 aliphatic heterocycles. The number of alkyl halides is 2. The molecular weight excluding hydrogens is 506 g/mol. The van der Waals surface area contributed by atoms with Crippen LogP contribution in [-0.4, -0.2) is 58.7 Å². The quantitative estimate of drug-likeness (QED) is 0.512. The number of H-pyrrole nitrogens is 1. The van der Waals surface area contributed by atoms with Crippen LogP contribution in [0, 0.1) is 47.6 Å². The van der Waals surface area contributed by atoms with Gasteiger partial charge in [0.05, 0.1) is 11.6 Å². The number of aromatic amines is 1. The van der Waals surface area contributed by atoms with E-state index >= 15 is 0 Å². The first-order chi connectivity index (χ1) is 18.0. The van der Waals surface area contributed by atoms with Crippen LogP contribution in [0.25, 0.3) is 10.9 Å². The maximum absolute atomic E-state index is 14.6. The molecule has 3 N–H and O–H groups in total. The average Bonchev–Trinajstić information content (AvgIpc) is 3.53. The summed E-state index contributed by atoms with van der Waals surface area (Å²) >= 11 is 0. The van der Waals surface area contributed by atoms with Crippen LogP contribution in [0.5, 0.6) is 0 Å². The Morgan fingerprint density at radius 2 is 2.05 bits per heavy atom. The van der Waals surface area contributed by atoms with Gasteiger partial charge in [0, 0.05) is 37.2 Å². The first kappa shape index (κ1) is 26.0. The van der Waals surface area contributed by atoms with Crippen LogP contribution >= 0.6 is 0 Å². The molecule has 0 spiro atoms. The third-order valence-electron chi connectivity index (χ3n) is 8.01. The highest BCUT2D eigenvalue weighted by Crippen LogP contribution is 2.50. The summed E-state index contributed by atoms with van der Waals surface area (Å²) < 4.78 is 57.6. The Labute approximate surface area is 215 Å². The Bertz CT molecular complexity index is 1350. The summed E-state index contributed by atoms with van der Waals surface area (Å²) in [5, 5.41) is 14.8. The number of aryl methyl sites for hydroxylation is 1. The van der Waals surface area contributed by atoms with Gasteiger partial charge >= 0.3 is 0 Å². The van der Waals surface area contributed by atoms with Crippen molar-refractivity contribution < 1.29 is 31.9 Å². The number of hydrogen-bond donors (Lipinski definition) is 3. The molecule has 3 heterocycles. The van der Waals surface area contributed by atoms with Crippen molar-refractivity contribution in [2.45, 2.75) is 57.0 Å². The van der Waals surface area contributed by atoms with E-state index in [0.29, 0.717) is 13.0 Å². The van der Waals surface area contributed by atoms with E-state index < -0.39 is 72.1 Å². The van der Waals surface area contributed by atoms with Crippen molar-refractivity contribution in [1.82, 2.24) is 20.5 Å². The fourth-order valence-electron chi connectivity index (χ4n) is 6.20. The van der Waals surface area contributed by atoms with Crippen molar-refractivity contribution in [3.05, 3.63) is 35.0 Å². The molecule has 3 aliphatic rings. The van der Waals surface area contributed by atoms with Crippen molar-refractivity contribution in [2.75, 3.05) is 13.1 Å². The molecule has 0 radical (unpaired) electrons. The first-order valence-electron chi connectivity index (χ1n) is 12.6. The lowest BCUT2D eigenvalue weighted by molar-refractivity contribution is -0.129. The predicted octanol–water partition coefficient (Wildman–Crippen LogP) is 3.17. The molecule has 38 heavy (non-hydrogen) atoms. The molecule has 5 atom stereocenters. The topological polar surface area (TPSA) is 118 Å². The molecule has 1 saturated carbocycles. The minimum Gasteiger partial charge on any atom is -0.356 e. The molecule has 1 aromatic carbocycles. The van der Waals surface area contributed by atoms with Gasteiger partial charge in [0.25, 0.3) is 5.91 Å². The van der Waals surface area contributed by atoms with E-state index in [-0.39, 0.29) is 41.0 Å². The van der Waals surface area contributed by atoms with Gasteiger partial charge in [0.15, 0.2) is 0 Å². The van der Waals surface area contributed by atoms with Gasteiger partial charge in [-0.05, 0) is 55.7 Å². The summed E-state index contributed by atoms with van der Waals surface area (Å²) in [6, 6.07) is 1.74. The lowest BCUT2D eigenvalue weighted by Crippen LogP contribution is -2.52. The lowest BCUT2D eigenvalue weighted by Gasteiger charge is -2.29. The molecule has 8 nitrogen and oxygen atoms in total. The number of nitrogens with one attached hydrogen (secondary N) is 3. The highest BCUT2D eigenvalue weighted by molar-refractivity contribution is 6.01. The maximum Gasteiger partial charge on any atom is 0.271 e. The van der Waals surface area contributed by atoms with Crippen LogP contribution in [0.1, 0.15) is 48.2 Å². The smallest absolute Gasteiger partial charge is 0.271 e. The molecular formula is C26H27F4N5O3. The Hall–Kier alpha value is -3.62. The zero-order valence-corrected chi connectivity index (χ0v) is 20.6. The highest BCUT2D eigenvalue weighted by Gasteiger charge is 2.58. The molecule has 1 aliphatic carbocycles. The number of nitrogens with zero attached hydrogens (tertiary/aromatic N) is 2. The van der Waals surface area contributed by atoms with Gasteiger partial charge in [-0.15, -0.1) is 0 Å². The van der Waals surface area contributed by atoms with Gasteiger partial charge in [0.2, 0.25) is 17.7 Å². The van der Waals surface area contributed by atoms with Gasteiger partial charge in [-0.1, -0.05) is 0 Å². The van der Waals surface area contributed by atoms with Crippen molar-refractivity contribution in [3.8, 4) is 6.07 Å². The summed E-state index contributed by atoms with van der Waals surface area (Å²) in [4.78, 5) is 42.8. The number of nitriles is 1. The molecule has 5 rings (SSSR count). The van der Waals surface area contributed by atoms with E-state index in [1.54, 1.807) is 0 Å². The monoisotopic (exact) mass is 533 g/mol. The Balaban J connectivity index is 1.41. The number of amides is 3. The number of halogens is 4. The predicted molar refractivity (Wildman–Crippen MR) is 127 cm³/mol. The minimum absolute atomic E-state index is 0.0419. The third-order valence-corrected chi connectivity index (χ3v) is 8.01. The molecule has 3 fully saturated rings. The van der Waals surface area contributed by atoms with Gasteiger partial charge in [0.1, 0.15) is 29.4 Å². The van der Waals surface area contributed by atoms with E-state index in [4.69, 9.17) is 0 Å². The van der Waals surface area contributed by atoms with Crippen LogP contribution in [0.4, 0.5) is 17.6 Å². The molecule has 2 saturated heterocycles. The minimum atomic E-state index is -3.00. The number of rotatable bonds is 5. The van der Waals surface area contributed by atoms with Crippen LogP contribution in [0.15, 0.2) is 12.1 Å². The number of carbonyl (C=O) groups is 3. The summed E-state index contributed by atoms with van der Waals surface area (Å²) in [5.74, 6) is -8.18. The second-order valence-electron chi connectivity index (χ2n) is 10.6. The van der Waals surface area contributed by atoms with Crippen LogP contribution < -0.4 is 10.6 Å². The molecule has 0 bridgehead atoms. The SMILES string of the molecule is Cc1cc(F)c2cc(C(=O)N3C[C@H]4CC(F)(F)C[C@H]4[C@H]3C(=O)N[C@H](C#N)C[C@H]3CCCNC3=O)[nH]c2c1F. The number of hydrogen-bond acceptors (Lipinski definition) is 4. The number of carbonyl (C=O) groups excluding carboxylic acids is 3. The summed E-state index contributed by atoms with van der Waals surface area (Å²) in [5.41, 5.74) is -0.336. The van der Waals surface area contributed by atoms with Gasteiger partial charge in [-0.3, -0.25) is 14.4 Å². The van der Waals surface area contributed by atoms with E-state index in [2.05, 4.69) is 15.6 Å². The second kappa shape index (κ2) is 9.60. The van der Waals surface area contributed by atoms with E-state index in [0.717, 1.165) is 23.5 Å². The molecule has 1 aromatic heterocycles. The van der Waals surface area contributed by atoms with E-state index in [1.165, 1.54) is 6.92 Å². The number of benzene rings is 1. The summed E-state index contributed by atoms with van der Waals surface area (Å²) in [7, 11) is 0. The first-order valence-corrected chi connectivity index (χ1v) is 12.6. The molecule has 3 amide bonds.